The molecule has 0 fully saturated rings. The zero-order valence-corrected chi connectivity index (χ0v) is 20.4. The second-order valence-electron chi connectivity index (χ2n) is 8.27. The van der Waals surface area contributed by atoms with E-state index >= 15 is 0 Å². The van der Waals surface area contributed by atoms with Gasteiger partial charge in [0, 0.05) is 36.0 Å². The molecule has 0 unspecified atom stereocenters. The molecule has 2 N–H and O–H groups in total. The maximum absolute atomic E-state index is 13.0. The van der Waals surface area contributed by atoms with Gasteiger partial charge in [0.05, 0.1) is 22.5 Å². The molecule has 0 spiro atoms. The number of anilines is 1. The number of aromatic nitrogens is 1. The topological polar surface area (TPSA) is 138 Å². The van der Waals surface area contributed by atoms with E-state index in [2.05, 4.69) is 21.7 Å². The average Bonchev–Trinajstić information content (AvgIpc) is 2.85. The van der Waals surface area contributed by atoms with Gasteiger partial charge in [-0.3, -0.25) is 9.78 Å². The number of hydrogen-bond acceptors (Lipinski definition) is 7. The quantitative estimate of drug-likeness (QED) is 0.484. The molecule has 11 heteroatoms. The molecule has 0 bridgehead atoms. The van der Waals surface area contributed by atoms with Crippen LogP contribution in [0, 0.1) is 17.1 Å². The molecule has 0 saturated carbocycles. The van der Waals surface area contributed by atoms with Gasteiger partial charge < -0.3 is 15.4 Å². The second kappa shape index (κ2) is 10.6. The van der Waals surface area contributed by atoms with Crippen LogP contribution < -0.4 is 15.4 Å². The number of nitriles is 1. The number of Topliss-reactive ketones (excluding diaryl/α,β-unsaturated/α-hetero) is 1. The fraction of sp³-hybridized carbons (Fsp3) is 0.154. The zero-order valence-electron chi connectivity index (χ0n) is 19.6. The van der Waals surface area contributed by atoms with E-state index in [1.54, 1.807) is 30.5 Å². The van der Waals surface area contributed by atoms with Gasteiger partial charge in [0.1, 0.15) is 24.2 Å². The minimum absolute atomic E-state index is 0.00370. The molecule has 37 heavy (non-hydrogen) atoms. The van der Waals surface area contributed by atoms with E-state index in [1.807, 2.05) is 0 Å². The fourth-order valence-electron chi connectivity index (χ4n) is 3.68. The van der Waals surface area contributed by atoms with Crippen LogP contribution in [0.1, 0.15) is 17.5 Å². The molecule has 188 valence electrons. The number of halogens is 1. The molecule has 0 aliphatic heterocycles. The fourth-order valence-corrected chi connectivity index (χ4v) is 4.07. The molecule has 0 saturated heterocycles. The molecule has 1 aromatic heterocycles. The lowest BCUT2D eigenvalue weighted by atomic mass is 9.92. The SMILES string of the molecule is CS(=O)(=O)CCOc1cc2nccc(C3=CC=C(NC(=O)Nc4ccc(F)cc4)C(=O)C3)c2cc1C#N. The molecular formula is C26H21FN4O5S. The highest BCUT2D eigenvalue weighted by Gasteiger charge is 2.21. The number of ketones is 1. The number of carbonyl (C=O) groups is 2. The number of rotatable bonds is 7. The van der Waals surface area contributed by atoms with Crippen LogP contribution in [0.4, 0.5) is 14.9 Å². The van der Waals surface area contributed by atoms with Gasteiger partial charge in [-0.15, -0.1) is 0 Å². The van der Waals surface area contributed by atoms with Crippen molar-refractivity contribution in [2.75, 3.05) is 23.9 Å². The summed E-state index contributed by atoms with van der Waals surface area (Å²) in [5, 5.41) is 15.3. The summed E-state index contributed by atoms with van der Waals surface area (Å²) in [6.45, 7) is -0.103. The van der Waals surface area contributed by atoms with Crippen LogP contribution in [0.25, 0.3) is 16.5 Å². The highest BCUT2D eigenvalue weighted by Crippen LogP contribution is 2.33. The standard InChI is InChI=1S/C26H21FN4O5S/c1-37(34,35)11-10-36-25-14-23-21(12-17(25)15-28)20(8-9-29-23)16-2-7-22(24(32)13-16)31-26(33)30-19-5-3-18(27)4-6-19/h2-9,12,14H,10-11,13H2,1H3,(H2,30,31,33). The monoisotopic (exact) mass is 520 g/mol. The van der Waals surface area contributed by atoms with Crippen molar-refractivity contribution in [1.29, 1.82) is 5.26 Å². The van der Waals surface area contributed by atoms with Crippen LogP contribution in [-0.4, -0.2) is 43.8 Å². The van der Waals surface area contributed by atoms with Gasteiger partial charge in [0.2, 0.25) is 0 Å². The summed E-state index contributed by atoms with van der Waals surface area (Å²) in [6.07, 6.45) is 5.85. The Kier molecular flexibility index (Phi) is 7.31. The van der Waals surface area contributed by atoms with Crippen molar-refractivity contribution in [1.82, 2.24) is 10.3 Å². The summed E-state index contributed by atoms with van der Waals surface area (Å²) in [7, 11) is -3.22. The van der Waals surface area contributed by atoms with Crippen molar-refractivity contribution in [3.63, 3.8) is 0 Å². The molecule has 1 aliphatic carbocycles. The van der Waals surface area contributed by atoms with E-state index in [0.29, 0.717) is 27.7 Å². The Balaban J connectivity index is 1.56. The Labute approximate surface area is 212 Å². The molecule has 4 rings (SSSR count). The Hall–Kier alpha value is -4.56. The van der Waals surface area contributed by atoms with E-state index in [9.17, 15) is 27.7 Å². The summed E-state index contributed by atoms with van der Waals surface area (Å²) in [6, 6.07) is 11.5. The maximum atomic E-state index is 13.0. The van der Waals surface area contributed by atoms with Crippen molar-refractivity contribution in [2.45, 2.75) is 6.42 Å². The number of nitrogens with one attached hydrogen (secondary N) is 2. The van der Waals surface area contributed by atoms with Crippen LogP contribution in [0.5, 0.6) is 5.75 Å². The maximum Gasteiger partial charge on any atom is 0.323 e. The Morgan fingerprint density at radius 3 is 2.59 bits per heavy atom. The average molecular weight is 521 g/mol. The predicted molar refractivity (Wildman–Crippen MR) is 136 cm³/mol. The first-order valence-electron chi connectivity index (χ1n) is 11.0. The molecule has 2 aromatic carbocycles. The molecule has 9 nitrogen and oxygen atoms in total. The number of fused-ring (bicyclic) bond motifs is 1. The van der Waals surface area contributed by atoms with Gasteiger partial charge in [-0.05, 0) is 53.6 Å². The third-order valence-corrected chi connectivity index (χ3v) is 6.38. The van der Waals surface area contributed by atoms with Crippen LogP contribution in [0.3, 0.4) is 0 Å². The van der Waals surface area contributed by atoms with Crippen LogP contribution in [0.2, 0.25) is 0 Å². The van der Waals surface area contributed by atoms with Gasteiger partial charge in [-0.2, -0.15) is 5.26 Å². The summed E-state index contributed by atoms with van der Waals surface area (Å²) >= 11 is 0. The normalized spacial score (nSPS) is 13.4. The lowest BCUT2D eigenvalue weighted by Gasteiger charge is -2.17. The molecule has 0 atom stereocenters. The smallest absolute Gasteiger partial charge is 0.323 e. The van der Waals surface area contributed by atoms with E-state index in [1.165, 1.54) is 30.3 Å². The van der Waals surface area contributed by atoms with Gasteiger partial charge in [-0.1, -0.05) is 6.08 Å². The lowest BCUT2D eigenvalue weighted by Crippen LogP contribution is -2.32. The summed E-state index contributed by atoms with van der Waals surface area (Å²) in [4.78, 5) is 29.4. The van der Waals surface area contributed by atoms with Crippen molar-refractivity contribution in [3.05, 3.63) is 83.5 Å². The third-order valence-electron chi connectivity index (χ3n) is 5.47. The molecule has 3 aromatic rings. The summed E-state index contributed by atoms with van der Waals surface area (Å²) in [5.74, 6) is -0.730. The van der Waals surface area contributed by atoms with Crippen molar-refractivity contribution < 1.29 is 27.1 Å². The number of carbonyl (C=O) groups excluding carboxylic acids is 2. The van der Waals surface area contributed by atoms with Gasteiger partial charge >= 0.3 is 6.03 Å². The van der Waals surface area contributed by atoms with Crippen LogP contribution >= 0.6 is 0 Å². The highest BCUT2D eigenvalue weighted by atomic mass is 32.2. The summed E-state index contributed by atoms with van der Waals surface area (Å²) in [5.41, 5.74) is 2.52. The largest absolute Gasteiger partial charge is 0.491 e. The van der Waals surface area contributed by atoms with Gasteiger partial charge in [-0.25, -0.2) is 17.6 Å². The molecule has 1 heterocycles. The number of ether oxygens (including phenoxy) is 1. The van der Waals surface area contributed by atoms with Crippen molar-refractivity contribution >= 4 is 43.8 Å². The Bertz CT molecular complexity index is 1610. The third kappa shape index (κ3) is 6.36. The summed E-state index contributed by atoms with van der Waals surface area (Å²) < 4.78 is 41.3. The molecule has 0 radical (unpaired) electrons. The number of sulfone groups is 1. The van der Waals surface area contributed by atoms with E-state index in [4.69, 9.17) is 4.74 Å². The minimum Gasteiger partial charge on any atom is -0.491 e. The van der Waals surface area contributed by atoms with E-state index < -0.39 is 21.7 Å². The number of allylic oxidation sites excluding steroid dienone is 4. The van der Waals surface area contributed by atoms with Gasteiger partial charge in [0.15, 0.2) is 15.6 Å². The predicted octanol–water partition coefficient (Wildman–Crippen LogP) is 3.73. The number of urea groups is 1. The lowest BCUT2D eigenvalue weighted by molar-refractivity contribution is -0.115. The molecule has 2 amide bonds. The van der Waals surface area contributed by atoms with Gasteiger partial charge in [0.25, 0.3) is 0 Å². The minimum atomic E-state index is -3.22. The van der Waals surface area contributed by atoms with E-state index in [0.717, 1.165) is 6.26 Å². The first kappa shape index (κ1) is 25.5. The number of pyridine rings is 1. The van der Waals surface area contributed by atoms with E-state index in [-0.39, 0.29) is 41.6 Å². The van der Waals surface area contributed by atoms with Crippen molar-refractivity contribution in [2.24, 2.45) is 0 Å². The molecular weight excluding hydrogens is 499 g/mol. The van der Waals surface area contributed by atoms with Crippen LogP contribution in [-0.2, 0) is 14.6 Å². The van der Waals surface area contributed by atoms with Crippen LogP contribution in [0.15, 0.2) is 66.5 Å². The first-order valence-corrected chi connectivity index (χ1v) is 13.1. The number of hydrogen-bond donors (Lipinski definition) is 2. The molecule has 1 aliphatic rings. The Morgan fingerprint density at radius 1 is 1.16 bits per heavy atom. The highest BCUT2D eigenvalue weighted by molar-refractivity contribution is 7.90. The number of benzene rings is 2. The first-order chi connectivity index (χ1) is 17.6. The van der Waals surface area contributed by atoms with Crippen molar-refractivity contribution in [3.8, 4) is 11.8 Å². The second-order valence-corrected chi connectivity index (χ2v) is 10.5. The number of amides is 2. The zero-order chi connectivity index (χ0) is 26.6. The number of nitrogens with zero attached hydrogens (tertiary/aromatic N) is 2. The Morgan fingerprint density at radius 2 is 1.92 bits per heavy atom.